The molecule has 7 nitrogen and oxygen atoms in total. The van der Waals surface area contributed by atoms with E-state index in [1.165, 1.54) is 37.7 Å². The largest absolute Gasteiger partial charge is 0.358 e. The number of H-pyrrole nitrogens is 2. The van der Waals surface area contributed by atoms with Crippen LogP contribution >= 0.6 is 11.3 Å². The van der Waals surface area contributed by atoms with Crippen LogP contribution in [0.25, 0.3) is 55.6 Å². The first-order valence-corrected chi connectivity index (χ1v) is 13.9. The maximum Gasteiger partial charge on any atom is 0.116 e. The molecule has 38 heavy (non-hydrogen) atoms. The maximum absolute atomic E-state index is 4.70. The summed E-state index contributed by atoms with van der Waals surface area (Å²) in [6, 6.07) is 8.45. The van der Waals surface area contributed by atoms with Gasteiger partial charge in [-0.05, 0) is 59.3 Å². The van der Waals surface area contributed by atoms with Crippen LogP contribution in [0.2, 0.25) is 0 Å². The Hall–Kier alpha value is -4.30. The molecule has 7 rings (SSSR count). The van der Waals surface area contributed by atoms with Gasteiger partial charge < -0.3 is 10.3 Å². The van der Waals surface area contributed by atoms with E-state index in [4.69, 9.17) is 4.98 Å². The van der Waals surface area contributed by atoms with Crippen molar-refractivity contribution in [2.75, 3.05) is 5.32 Å². The summed E-state index contributed by atoms with van der Waals surface area (Å²) >= 11 is 1.68. The molecule has 0 aromatic carbocycles. The minimum absolute atomic E-state index is 0.530. The summed E-state index contributed by atoms with van der Waals surface area (Å²) in [6.45, 7) is 4.32. The summed E-state index contributed by atoms with van der Waals surface area (Å²) in [7, 11) is 0. The lowest BCUT2D eigenvalue weighted by Gasteiger charge is -2.24. The third-order valence-electron chi connectivity index (χ3n) is 7.52. The lowest BCUT2D eigenvalue weighted by molar-refractivity contribution is 0.405. The van der Waals surface area contributed by atoms with Gasteiger partial charge in [0.2, 0.25) is 0 Å². The van der Waals surface area contributed by atoms with Crippen molar-refractivity contribution in [2.45, 2.75) is 32.1 Å². The number of hydrogen-bond acceptors (Lipinski definition) is 6. The molecular weight excluding hydrogens is 490 g/mol. The summed E-state index contributed by atoms with van der Waals surface area (Å²) in [5.41, 5.74) is 9.74. The molecule has 0 amide bonds. The molecule has 0 aliphatic heterocycles. The molecule has 6 heterocycles. The number of allylic oxidation sites excluding steroid dienone is 1. The molecule has 1 saturated carbocycles. The lowest BCUT2D eigenvalue weighted by Crippen LogP contribution is -2.14. The van der Waals surface area contributed by atoms with Gasteiger partial charge >= 0.3 is 0 Å². The topological polar surface area (TPSA) is 95.2 Å². The van der Waals surface area contributed by atoms with Gasteiger partial charge in [0.05, 0.1) is 46.7 Å². The molecule has 6 aromatic rings. The molecule has 1 aliphatic carbocycles. The van der Waals surface area contributed by atoms with Crippen LogP contribution in [0.1, 0.15) is 32.1 Å². The molecule has 0 unspecified atom stereocenters. The van der Waals surface area contributed by atoms with Crippen LogP contribution in [0.5, 0.6) is 0 Å². The van der Waals surface area contributed by atoms with Crippen molar-refractivity contribution in [2.24, 2.45) is 5.92 Å². The zero-order valence-corrected chi connectivity index (χ0v) is 21.7. The normalized spacial score (nSPS) is 14.3. The summed E-state index contributed by atoms with van der Waals surface area (Å²) in [6.07, 6.45) is 15.6. The van der Waals surface area contributed by atoms with E-state index in [9.17, 15) is 0 Å². The smallest absolute Gasteiger partial charge is 0.116 e. The number of pyridine rings is 3. The first kappa shape index (κ1) is 22.9. The van der Waals surface area contributed by atoms with Gasteiger partial charge in [0.1, 0.15) is 5.69 Å². The van der Waals surface area contributed by atoms with E-state index in [1.807, 2.05) is 31.0 Å². The zero-order valence-electron chi connectivity index (χ0n) is 20.9. The predicted octanol–water partition coefficient (Wildman–Crippen LogP) is 7.80. The average Bonchev–Trinajstić information content (AvgIpc) is 3.73. The van der Waals surface area contributed by atoms with Gasteiger partial charge in [0, 0.05) is 40.0 Å². The second-order valence-electron chi connectivity index (χ2n) is 9.98. The number of nitrogens with zero attached hydrogens (tertiary/aromatic N) is 4. The van der Waals surface area contributed by atoms with Crippen LogP contribution in [0, 0.1) is 5.92 Å². The summed E-state index contributed by atoms with van der Waals surface area (Å²) in [5, 5.41) is 17.6. The van der Waals surface area contributed by atoms with Crippen LogP contribution in [0.3, 0.4) is 0 Å². The first-order valence-electron chi connectivity index (χ1n) is 13.0. The SMILES string of the molecule is C=C(Nc1cncc(-c2cc3c(-c4cc5c(-c6ccsc6)cncc5[nH]4)n[nH]c3cn2)c1)C1CCCCC1. The van der Waals surface area contributed by atoms with Crippen molar-refractivity contribution < 1.29 is 0 Å². The number of fused-ring (bicyclic) bond motifs is 2. The molecule has 1 aliphatic rings. The number of aromatic nitrogens is 6. The van der Waals surface area contributed by atoms with E-state index in [0.717, 1.165) is 61.4 Å². The van der Waals surface area contributed by atoms with E-state index in [1.54, 1.807) is 11.3 Å². The van der Waals surface area contributed by atoms with Gasteiger partial charge in [0.15, 0.2) is 0 Å². The molecule has 0 saturated heterocycles. The number of anilines is 1. The van der Waals surface area contributed by atoms with Crippen molar-refractivity contribution in [3.05, 3.63) is 78.3 Å². The highest BCUT2D eigenvalue weighted by Gasteiger charge is 2.18. The van der Waals surface area contributed by atoms with Crippen molar-refractivity contribution >= 4 is 38.8 Å². The highest BCUT2D eigenvalue weighted by atomic mass is 32.1. The van der Waals surface area contributed by atoms with Crippen molar-refractivity contribution in [1.82, 2.24) is 30.1 Å². The van der Waals surface area contributed by atoms with Crippen LogP contribution in [0.4, 0.5) is 5.69 Å². The van der Waals surface area contributed by atoms with Gasteiger partial charge in [-0.2, -0.15) is 16.4 Å². The van der Waals surface area contributed by atoms with E-state index < -0.39 is 0 Å². The Morgan fingerprint density at radius 1 is 0.921 bits per heavy atom. The number of rotatable bonds is 6. The average molecular weight is 518 g/mol. The molecular formula is C30H27N7S. The monoisotopic (exact) mass is 517 g/mol. The summed E-state index contributed by atoms with van der Waals surface area (Å²) in [4.78, 5) is 17.2. The van der Waals surface area contributed by atoms with E-state index in [0.29, 0.717) is 5.92 Å². The Labute approximate surface area is 224 Å². The minimum Gasteiger partial charge on any atom is -0.358 e. The molecule has 0 spiro atoms. The van der Waals surface area contributed by atoms with Gasteiger partial charge in [-0.3, -0.25) is 20.1 Å². The lowest BCUT2D eigenvalue weighted by atomic mass is 9.87. The van der Waals surface area contributed by atoms with Crippen LogP contribution < -0.4 is 5.32 Å². The quantitative estimate of drug-likeness (QED) is 0.209. The van der Waals surface area contributed by atoms with Crippen molar-refractivity contribution in [3.63, 3.8) is 0 Å². The number of hydrogen-bond donors (Lipinski definition) is 3. The zero-order chi connectivity index (χ0) is 25.5. The van der Waals surface area contributed by atoms with E-state index in [-0.39, 0.29) is 0 Å². The van der Waals surface area contributed by atoms with Crippen molar-refractivity contribution in [3.8, 4) is 33.8 Å². The Morgan fingerprint density at radius 3 is 2.68 bits per heavy atom. The van der Waals surface area contributed by atoms with Crippen molar-refractivity contribution in [1.29, 1.82) is 0 Å². The van der Waals surface area contributed by atoms with Crippen LogP contribution in [-0.2, 0) is 0 Å². The fraction of sp³-hybridized carbons (Fsp3) is 0.200. The highest BCUT2D eigenvalue weighted by Crippen LogP contribution is 2.35. The Morgan fingerprint density at radius 2 is 1.82 bits per heavy atom. The number of thiophene rings is 1. The van der Waals surface area contributed by atoms with E-state index >= 15 is 0 Å². The van der Waals surface area contributed by atoms with E-state index in [2.05, 4.69) is 72.1 Å². The van der Waals surface area contributed by atoms with Gasteiger partial charge in [0.25, 0.3) is 0 Å². The molecule has 188 valence electrons. The third kappa shape index (κ3) is 4.16. The fourth-order valence-electron chi connectivity index (χ4n) is 5.49. The van der Waals surface area contributed by atoms with Gasteiger partial charge in [-0.1, -0.05) is 25.8 Å². The second-order valence-corrected chi connectivity index (χ2v) is 10.8. The molecule has 3 N–H and O–H groups in total. The molecule has 1 fully saturated rings. The Bertz CT molecular complexity index is 1760. The number of nitrogens with one attached hydrogen (secondary N) is 3. The summed E-state index contributed by atoms with van der Waals surface area (Å²) in [5.74, 6) is 0.530. The third-order valence-corrected chi connectivity index (χ3v) is 8.20. The number of aromatic amines is 2. The minimum atomic E-state index is 0.530. The standard InChI is InChI=1S/C30H27N7S/c1-18(19-5-3-2-4-6-19)34-22-9-21(12-31-13-22)26-11-24-29(16-33-26)36-37-30(24)27-10-23-25(20-7-8-38-17-20)14-32-15-28(23)35-27/h7-17,19,34-35H,1-6H2,(H,36,37). The van der Waals surface area contributed by atoms with Crippen LogP contribution in [0.15, 0.2) is 78.3 Å². The fourth-order valence-corrected chi connectivity index (χ4v) is 6.15. The molecule has 0 atom stereocenters. The Balaban J connectivity index is 1.23. The molecule has 8 heteroatoms. The molecule has 6 aromatic heterocycles. The maximum atomic E-state index is 4.70. The van der Waals surface area contributed by atoms with Gasteiger partial charge in [-0.15, -0.1) is 0 Å². The highest BCUT2D eigenvalue weighted by molar-refractivity contribution is 7.08. The molecule has 0 radical (unpaired) electrons. The Kier molecular flexibility index (Phi) is 5.74. The van der Waals surface area contributed by atoms with Gasteiger partial charge in [-0.25, -0.2) is 0 Å². The second kappa shape index (κ2) is 9.54. The molecule has 0 bridgehead atoms. The predicted molar refractivity (Wildman–Crippen MR) is 155 cm³/mol. The van der Waals surface area contributed by atoms with Crippen LogP contribution in [-0.4, -0.2) is 30.1 Å². The summed E-state index contributed by atoms with van der Waals surface area (Å²) < 4.78 is 0. The first-order chi connectivity index (χ1) is 18.7.